The van der Waals surface area contributed by atoms with Crippen LogP contribution in [0.25, 0.3) is 0 Å². The molecular weight excluding hydrogens is 679 g/mol. The van der Waals surface area contributed by atoms with Gasteiger partial charge in [-0.3, -0.25) is 9.59 Å². The van der Waals surface area contributed by atoms with Crippen molar-refractivity contribution >= 4 is 11.9 Å². The van der Waals surface area contributed by atoms with Gasteiger partial charge in [-0.15, -0.1) is 0 Å². The third-order valence-electron chi connectivity index (χ3n) is 12.1. The van der Waals surface area contributed by atoms with Gasteiger partial charge >= 0.3 is 11.9 Å². The van der Waals surface area contributed by atoms with Crippen LogP contribution in [0.1, 0.15) is 259 Å². The molecule has 5 nitrogen and oxygen atoms in total. The Morgan fingerprint density at radius 3 is 1.02 bits per heavy atom. The molecule has 55 heavy (non-hydrogen) atoms. The lowest BCUT2D eigenvalue weighted by atomic mass is 9.90. The monoisotopic (exact) mass is 778 g/mol. The molecule has 5 heteroatoms. The van der Waals surface area contributed by atoms with Gasteiger partial charge < -0.3 is 14.4 Å². The van der Waals surface area contributed by atoms with E-state index in [1.54, 1.807) is 0 Å². The van der Waals surface area contributed by atoms with Gasteiger partial charge in [-0.1, -0.05) is 201 Å². The second-order valence-corrected chi connectivity index (χ2v) is 17.9. The van der Waals surface area contributed by atoms with Crippen molar-refractivity contribution in [3.63, 3.8) is 0 Å². The van der Waals surface area contributed by atoms with Crippen molar-refractivity contribution in [2.75, 3.05) is 33.9 Å². The Hall–Kier alpha value is -1.10. The summed E-state index contributed by atoms with van der Waals surface area (Å²) >= 11 is 0. The molecule has 0 saturated heterocycles. The summed E-state index contributed by atoms with van der Waals surface area (Å²) in [5, 5.41) is 0. The minimum Gasteiger partial charge on any atom is -0.466 e. The quantitative estimate of drug-likeness (QED) is 0.0455. The summed E-state index contributed by atoms with van der Waals surface area (Å²) in [4.78, 5) is 27.0. The van der Waals surface area contributed by atoms with Gasteiger partial charge in [0.05, 0.1) is 13.2 Å². The highest BCUT2D eigenvalue weighted by atomic mass is 16.5. The van der Waals surface area contributed by atoms with E-state index in [0.717, 1.165) is 56.3 Å². The average molecular weight is 778 g/mol. The highest BCUT2D eigenvalue weighted by Crippen LogP contribution is 2.26. The second kappa shape index (κ2) is 42.5. The number of nitrogens with zero attached hydrogens (tertiary/aromatic N) is 1. The first kappa shape index (κ1) is 53.9. The molecule has 328 valence electrons. The Bertz CT molecular complexity index is 791. The molecule has 2 atom stereocenters. The van der Waals surface area contributed by atoms with Crippen LogP contribution >= 0.6 is 0 Å². The molecule has 0 aliphatic rings. The number of esters is 2. The van der Waals surface area contributed by atoms with E-state index in [0.29, 0.717) is 26.1 Å². The minimum absolute atomic E-state index is 0.0127. The van der Waals surface area contributed by atoms with Gasteiger partial charge in [-0.25, -0.2) is 0 Å². The number of unbranched alkanes of at least 4 members (excludes halogenated alkanes) is 16. The van der Waals surface area contributed by atoms with Crippen molar-refractivity contribution in [3.05, 3.63) is 0 Å². The average Bonchev–Trinajstić information content (AvgIpc) is 3.17. The summed E-state index contributed by atoms with van der Waals surface area (Å²) in [7, 11) is 4.36. The molecule has 0 aliphatic carbocycles. The molecule has 0 rings (SSSR count). The molecule has 0 saturated carbocycles. The summed E-state index contributed by atoms with van der Waals surface area (Å²) in [6, 6.07) is 0. The Balaban J connectivity index is 4.12. The zero-order chi connectivity index (χ0) is 40.5. The van der Waals surface area contributed by atoms with Crippen LogP contribution in [0.3, 0.4) is 0 Å². The number of carbonyl (C=O) groups is 2. The molecule has 0 aromatic heterocycles. The van der Waals surface area contributed by atoms with Crippen LogP contribution in [0.4, 0.5) is 0 Å². The lowest BCUT2D eigenvalue weighted by Crippen LogP contribution is -2.13. The fourth-order valence-electron chi connectivity index (χ4n) is 8.43. The predicted molar refractivity (Wildman–Crippen MR) is 240 cm³/mol. The number of carbonyl (C=O) groups excluding carboxylic acids is 2. The zero-order valence-corrected chi connectivity index (χ0v) is 38.4. The molecule has 0 radical (unpaired) electrons. The van der Waals surface area contributed by atoms with E-state index in [4.69, 9.17) is 9.47 Å². The van der Waals surface area contributed by atoms with E-state index in [2.05, 4.69) is 46.7 Å². The summed E-state index contributed by atoms with van der Waals surface area (Å²) in [5.74, 6) is 2.50. The van der Waals surface area contributed by atoms with Gasteiger partial charge in [-0.2, -0.15) is 0 Å². The van der Waals surface area contributed by atoms with E-state index in [1.165, 1.54) is 186 Å². The fourth-order valence-corrected chi connectivity index (χ4v) is 8.43. The second-order valence-electron chi connectivity index (χ2n) is 17.9. The Kier molecular flexibility index (Phi) is 41.7. The van der Waals surface area contributed by atoms with Crippen molar-refractivity contribution in [1.29, 1.82) is 0 Å². The Morgan fingerprint density at radius 1 is 0.364 bits per heavy atom. The predicted octanol–water partition coefficient (Wildman–Crippen LogP) is 15.6. The Morgan fingerprint density at radius 2 is 0.655 bits per heavy atom. The molecule has 2 unspecified atom stereocenters. The maximum atomic E-state index is 12.3. The van der Waals surface area contributed by atoms with Crippen LogP contribution in [-0.4, -0.2) is 50.7 Å². The van der Waals surface area contributed by atoms with Gasteiger partial charge in [0.25, 0.3) is 0 Å². The summed E-state index contributed by atoms with van der Waals surface area (Å²) in [6.07, 6.45) is 44.2. The summed E-state index contributed by atoms with van der Waals surface area (Å²) < 4.78 is 11.2. The molecule has 0 bridgehead atoms. The number of ether oxygens (including phenoxy) is 2. The number of hydrogen-bond acceptors (Lipinski definition) is 5. The standard InChI is InChI=1S/C50H99NO4/c1-7-11-21-33-46(32-14-10-4)39-30-44-54-49(52)41-26-19-15-17-24-36-47(38-28-29-43-51(5)6)37-25-18-16-20-27-42-50(53)55-45-31-40-48(34-22-12-8-2)35-23-13-9-3/h46-48H,7-45H2,1-6H3. The van der Waals surface area contributed by atoms with Crippen LogP contribution in [-0.2, 0) is 19.1 Å². The largest absolute Gasteiger partial charge is 0.466 e. The van der Waals surface area contributed by atoms with Gasteiger partial charge in [0, 0.05) is 12.8 Å². The molecule has 0 N–H and O–H groups in total. The fraction of sp³-hybridized carbons (Fsp3) is 0.960. The van der Waals surface area contributed by atoms with E-state index in [9.17, 15) is 9.59 Å². The zero-order valence-electron chi connectivity index (χ0n) is 38.4. The van der Waals surface area contributed by atoms with Crippen LogP contribution < -0.4 is 0 Å². The first-order chi connectivity index (χ1) is 26.9. The lowest BCUT2D eigenvalue weighted by molar-refractivity contribution is -0.144. The maximum Gasteiger partial charge on any atom is 0.305 e. The van der Waals surface area contributed by atoms with E-state index >= 15 is 0 Å². The van der Waals surface area contributed by atoms with Crippen LogP contribution in [0.2, 0.25) is 0 Å². The van der Waals surface area contributed by atoms with E-state index in [1.807, 2.05) is 0 Å². The van der Waals surface area contributed by atoms with Crippen molar-refractivity contribution in [1.82, 2.24) is 4.90 Å². The summed E-state index contributed by atoms with van der Waals surface area (Å²) in [6.45, 7) is 11.5. The summed E-state index contributed by atoms with van der Waals surface area (Å²) in [5.41, 5.74) is 0. The first-order valence-electron chi connectivity index (χ1n) is 24.8. The molecule has 0 aliphatic heterocycles. The molecule has 0 aromatic rings. The smallest absolute Gasteiger partial charge is 0.305 e. The van der Waals surface area contributed by atoms with Crippen molar-refractivity contribution in [2.24, 2.45) is 17.8 Å². The maximum absolute atomic E-state index is 12.3. The third-order valence-corrected chi connectivity index (χ3v) is 12.1. The number of hydrogen-bond donors (Lipinski definition) is 0. The molecule has 0 aromatic carbocycles. The van der Waals surface area contributed by atoms with Gasteiger partial charge in [0.2, 0.25) is 0 Å². The van der Waals surface area contributed by atoms with Gasteiger partial charge in [-0.05, 0) is 83.3 Å². The molecule has 0 spiro atoms. The van der Waals surface area contributed by atoms with Crippen molar-refractivity contribution in [2.45, 2.75) is 259 Å². The highest BCUT2D eigenvalue weighted by molar-refractivity contribution is 5.69. The lowest BCUT2D eigenvalue weighted by Gasteiger charge is -2.18. The van der Waals surface area contributed by atoms with E-state index < -0.39 is 0 Å². The van der Waals surface area contributed by atoms with Crippen LogP contribution in [0.5, 0.6) is 0 Å². The van der Waals surface area contributed by atoms with E-state index in [-0.39, 0.29) is 11.9 Å². The van der Waals surface area contributed by atoms with Gasteiger partial charge in [0.1, 0.15) is 0 Å². The van der Waals surface area contributed by atoms with Crippen molar-refractivity contribution < 1.29 is 19.1 Å². The van der Waals surface area contributed by atoms with Gasteiger partial charge in [0.15, 0.2) is 0 Å². The van der Waals surface area contributed by atoms with Crippen LogP contribution in [0.15, 0.2) is 0 Å². The minimum atomic E-state index is 0.0127. The molecule has 0 amide bonds. The highest BCUT2D eigenvalue weighted by Gasteiger charge is 2.12. The topological polar surface area (TPSA) is 55.8 Å². The molecule has 0 fully saturated rings. The molecular formula is C50H99NO4. The SMILES string of the molecule is CCCCCC(CCCC)CCCOC(=O)CCCCCCCC(CCCCCCCC(=O)OCCCC(CCCCC)CCCCC)CCCCN(C)C. The Labute approximate surface area is 345 Å². The van der Waals surface area contributed by atoms with Crippen LogP contribution in [0, 0.1) is 17.8 Å². The van der Waals surface area contributed by atoms with Crippen molar-refractivity contribution in [3.8, 4) is 0 Å². The molecule has 0 heterocycles. The third kappa shape index (κ3) is 39.5. The number of rotatable bonds is 44. The normalized spacial score (nSPS) is 12.8. The first-order valence-corrected chi connectivity index (χ1v) is 24.8.